The summed E-state index contributed by atoms with van der Waals surface area (Å²) in [5.74, 6) is -0.638. The Morgan fingerprint density at radius 3 is 2.68 bits per heavy atom. The maximum atomic E-state index is 13.0. The minimum absolute atomic E-state index is 0.0522. The molecule has 108 valence electrons. The second-order valence-corrected chi connectivity index (χ2v) is 5.96. The number of rotatable bonds is 7. The second kappa shape index (κ2) is 6.83. The van der Waals surface area contributed by atoms with Crippen molar-refractivity contribution in [2.45, 2.75) is 30.7 Å². The van der Waals surface area contributed by atoms with E-state index in [2.05, 4.69) is 4.72 Å². The van der Waals surface area contributed by atoms with Crippen LogP contribution in [0.15, 0.2) is 23.1 Å². The summed E-state index contributed by atoms with van der Waals surface area (Å²) < 4.78 is 44.7. The number of ether oxygens (including phenoxy) is 1. The van der Waals surface area contributed by atoms with Crippen molar-refractivity contribution in [3.63, 3.8) is 0 Å². The number of nitrogens with two attached hydrogens (primary N) is 1. The number of nitrogen functional groups attached to an aromatic ring is 1. The first kappa shape index (κ1) is 15.9. The molecule has 1 unspecified atom stereocenters. The number of benzene rings is 1. The fourth-order valence-corrected chi connectivity index (χ4v) is 2.99. The van der Waals surface area contributed by atoms with Gasteiger partial charge >= 0.3 is 0 Å². The molecule has 19 heavy (non-hydrogen) atoms. The maximum absolute atomic E-state index is 13.0. The normalized spacial score (nSPS) is 13.4. The average molecular weight is 290 g/mol. The van der Waals surface area contributed by atoms with Gasteiger partial charge in [0, 0.05) is 13.2 Å². The van der Waals surface area contributed by atoms with E-state index in [4.69, 9.17) is 10.5 Å². The Bertz CT molecular complexity index is 514. The number of halogens is 1. The number of hydrogen-bond acceptors (Lipinski definition) is 4. The lowest BCUT2D eigenvalue weighted by molar-refractivity contribution is 0.171. The van der Waals surface area contributed by atoms with E-state index in [0.717, 1.165) is 18.6 Å². The summed E-state index contributed by atoms with van der Waals surface area (Å²) in [6.07, 6.45) is 1.48. The van der Waals surface area contributed by atoms with Crippen LogP contribution in [0.25, 0.3) is 0 Å². The highest BCUT2D eigenvalue weighted by molar-refractivity contribution is 7.89. The van der Waals surface area contributed by atoms with Gasteiger partial charge in [0.1, 0.15) is 5.82 Å². The molecule has 0 fully saturated rings. The maximum Gasteiger partial charge on any atom is 0.240 e. The topological polar surface area (TPSA) is 81.4 Å². The first-order chi connectivity index (χ1) is 8.90. The van der Waals surface area contributed by atoms with Gasteiger partial charge in [-0.1, -0.05) is 13.3 Å². The van der Waals surface area contributed by atoms with Crippen LogP contribution in [0.4, 0.5) is 10.1 Å². The molecule has 0 aliphatic carbocycles. The minimum atomic E-state index is -3.72. The Balaban J connectivity index is 2.92. The molecule has 1 atom stereocenters. The molecule has 0 amide bonds. The van der Waals surface area contributed by atoms with Crippen LogP contribution in [0.1, 0.15) is 19.8 Å². The van der Waals surface area contributed by atoms with Crippen molar-refractivity contribution in [1.82, 2.24) is 4.72 Å². The van der Waals surface area contributed by atoms with Crippen LogP contribution in [0, 0.1) is 5.82 Å². The summed E-state index contributed by atoms with van der Waals surface area (Å²) >= 11 is 0. The van der Waals surface area contributed by atoms with Crippen molar-refractivity contribution in [2.75, 3.05) is 19.5 Å². The van der Waals surface area contributed by atoms with Crippen molar-refractivity contribution >= 4 is 15.7 Å². The highest BCUT2D eigenvalue weighted by Gasteiger charge is 2.20. The third-order valence-corrected chi connectivity index (χ3v) is 4.12. The van der Waals surface area contributed by atoms with Gasteiger partial charge in [0.25, 0.3) is 0 Å². The molecular formula is C12H19FN2O3S. The van der Waals surface area contributed by atoms with Gasteiger partial charge in [0.15, 0.2) is 0 Å². The van der Waals surface area contributed by atoms with Crippen molar-refractivity contribution in [2.24, 2.45) is 0 Å². The van der Waals surface area contributed by atoms with Gasteiger partial charge < -0.3 is 10.5 Å². The van der Waals surface area contributed by atoms with E-state index < -0.39 is 15.8 Å². The fraction of sp³-hybridized carbons (Fsp3) is 0.500. The van der Waals surface area contributed by atoms with Crippen LogP contribution < -0.4 is 10.5 Å². The molecular weight excluding hydrogens is 271 g/mol. The van der Waals surface area contributed by atoms with Crippen LogP contribution in [0.2, 0.25) is 0 Å². The quantitative estimate of drug-likeness (QED) is 0.746. The standard InChI is InChI=1S/C12H19FN2O3S/c1-3-4-9(8-18-2)15-19(16,17)10-5-6-11(13)12(14)7-10/h5-7,9,15H,3-4,8,14H2,1-2H3. The third-order valence-electron chi connectivity index (χ3n) is 2.60. The van der Waals surface area contributed by atoms with Crippen molar-refractivity contribution in [1.29, 1.82) is 0 Å². The summed E-state index contributed by atoms with van der Waals surface area (Å²) in [5.41, 5.74) is 5.18. The van der Waals surface area contributed by atoms with E-state index in [1.54, 1.807) is 0 Å². The van der Waals surface area contributed by atoms with Gasteiger partial charge in [-0.25, -0.2) is 17.5 Å². The molecule has 0 spiro atoms. The summed E-state index contributed by atoms with van der Waals surface area (Å²) in [4.78, 5) is -0.0522. The van der Waals surface area contributed by atoms with Crippen LogP contribution in [-0.4, -0.2) is 28.2 Å². The molecule has 0 saturated carbocycles. The van der Waals surface area contributed by atoms with Crippen LogP contribution in [-0.2, 0) is 14.8 Å². The lowest BCUT2D eigenvalue weighted by Crippen LogP contribution is -2.37. The SMILES string of the molecule is CCCC(COC)NS(=O)(=O)c1ccc(F)c(N)c1. The predicted octanol–water partition coefficient (Wildman–Crippen LogP) is 1.50. The summed E-state index contributed by atoms with van der Waals surface area (Å²) in [6.45, 7) is 2.23. The zero-order chi connectivity index (χ0) is 14.5. The lowest BCUT2D eigenvalue weighted by atomic mass is 10.2. The minimum Gasteiger partial charge on any atom is -0.396 e. The second-order valence-electron chi connectivity index (χ2n) is 4.25. The molecule has 1 aromatic rings. The number of sulfonamides is 1. The van der Waals surface area contributed by atoms with Crippen molar-refractivity contribution in [3.05, 3.63) is 24.0 Å². The molecule has 1 rings (SSSR count). The highest BCUT2D eigenvalue weighted by Crippen LogP contribution is 2.17. The van der Waals surface area contributed by atoms with E-state index in [0.29, 0.717) is 6.42 Å². The summed E-state index contributed by atoms with van der Waals surface area (Å²) in [7, 11) is -2.21. The zero-order valence-corrected chi connectivity index (χ0v) is 11.8. The van der Waals surface area contributed by atoms with Gasteiger partial charge in [-0.2, -0.15) is 0 Å². The number of methoxy groups -OCH3 is 1. The highest BCUT2D eigenvalue weighted by atomic mass is 32.2. The Morgan fingerprint density at radius 1 is 1.47 bits per heavy atom. The van der Waals surface area contributed by atoms with Crippen LogP contribution in [0.3, 0.4) is 0 Å². The average Bonchev–Trinajstić information content (AvgIpc) is 2.32. The van der Waals surface area contributed by atoms with Crippen LogP contribution in [0.5, 0.6) is 0 Å². The molecule has 5 nitrogen and oxygen atoms in total. The number of nitrogens with one attached hydrogen (secondary N) is 1. The molecule has 0 saturated heterocycles. The number of anilines is 1. The van der Waals surface area contributed by atoms with Crippen molar-refractivity contribution < 1.29 is 17.5 Å². The largest absolute Gasteiger partial charge is 0.396 e. The molecule has 7 heteroatoms. The zero-order valence-electron chi connectivity index (χ0n) is 11.0. The molecule has 0 heterocycles. The molecule has 3 N–H and O–H groups in total. The molecule has 0 radical (unpaired) electrons. The van der Waals surface area contributed by atoms with Crippen LogP contribution >= 0.6 is 0 Å². The van der Waals surface area contributed by atoms with E-state index in [1.165, 1.54) is 13.2 Å². The third kappa shape index (κ3) is 4.45. The van der Waals surface area contributed by atoms with E-state index >= 15 is 0 Å². The Labute approximate surface area is 113 Å². The van der Waals surface area contributed by atoms with E-state index in [1.807, 2.05) is 6.92 Å². The van der Waals surface area contributed by atoms with Gasteiger partial charge in [-0.3, -0.25) is 0 Å². The lowest BCUT2D eigenvalue weighted by Gasteiger charge is -2.17. The van der Waals surface area contributed by atoms with Gasteiger partial charge in [0.2, 0.25) is 10.0 Å². The van der Waals surface area contributed by atoms with Gasteiger partial charge in [0.05, 0.1) is 17.2 Å². The Hall–Kier alpha value is -1.18. The first-order valence-corrected chi connectivity index (χ1v) is 7.45. The fourth-order valence-electron chi connectivity index (χ4n) is 1.70. The molecule has 0 bridgehead atoms. The smallest absolute Gasteiger partial charge is 0.240 e. The van der Waals surface area contributed by atoms with Gasteiger partial charge in [-0.15, -0.1) is 0 Å². The summed E-state index contributed by atoms with van der Waals surface area (Å²) in [6, 6.07) is 3.01. The van der Waals surface area contributed by atoms with Crippen molar-refractivity contribution in [3.8, 4) is 0 Å². The molecule has 0 aromatic heterocycles. The first-order valence-electron chi connectivity index (χ1n) is 5.97. The van der Waals surface area contributed by atoms with Gasteiger partial charge in [-0.05, 0) is 24.6 Å². The van der Waals surface area contributed by atoms with E-state index in [-0.39, 0.29) is 23.2 Å². The summed E-state index contributed by atoms with van der Waals surface area (Å²) in [5, 5.41) is 0. The van der Waals surface area contributed by atoms with E-state index in [9.17, 15) is 12.8 Å². The monoisotopic (exact) mass is 290 g/mol. The molecule has 0 aliphatic heterocycles. The number of hydrogen-bond donors (Lipinski definition) is 2. The Morgan fingerprint density at radius 2 is 2.16 bits per heavy atom. The Kier molecular flexibility index (Phi) is 5.71. The molecule has 1 aromatic carbocycles. The molecule has 0 aliphatic rings. The predicted molar refractivity (Wildman–Crippen MR) is 71.7 cm³/mol.